The zero-order valence-electron chi connectivity index (χ0n) is 13.9. The van der Waals surface area contributed by atoms with E-state index in [4.69, 9.17) is 14.2 Å². The molecule has 0 bridgehead atoms. The molecule has 4 nitrogen and oxygen atoms in total. The second kappa shape index (κ2) is 8.44. The molecule has 2 aromatic rings. The molecule has 0 aliphatic carbocycles. The summed E-state index contributed by atoms with van der Waals surface area (Å²) in [4.78, 5) is 0. The number of benzene rings is 2. The van der Waals surface area contributed by atoms with E-state index in [0.29, 0.717) is 30.3 Å². The van der Waals surface area contributed by atoms with E-state index in [0.717, 1.165) is 17.5 Å². The first-order chi connectivity index (χ1) is 11.2. The fraction of sp³-hybridized carbons (Fsp3) is 0.368. The first-order valence-corrected chi connectivity index (χ1v) is 7.80. The fourth-order valence-corrected chi connectivity index (χ4v) is 2.51. The van der Waals surface area contributed by atoms with Gasteiger partial charge in [-0.1, -0.05) is 30.3 Å². The molecule has 0 aliphatic heterocycles. The third kappa shape index (κ3) is 4.39. The molecule has 2 rings (SSSR count). The van der Waals surface area contributed by atoms with E-state index < -0.39 is 6.10 Å². The minimum atomic E-state index is -0.486. The molecule has 1 atom stereocenters. The zero-order chi connectivity index (χ0) is 16.7. The molecule has 0 radical (unpaired) electrons. The van der Waals surface area contributed by atoms with Gasteiger partial charge in [0.25, 0.3) is 0 Å². The summed E-state index contributed by atoms with van der Waals surface area (Å²) in [6.45, 7) is 2.46. The van der Waals surface area contributed by atoms with E-state index in [9.17, 15) is 5.11 Å². The smallest absolute Gasteiger partial charge is 0.203 e. The van der Waals surface area contributed by atoms with Gasteiger partial charge in [-0.3, -0.25) is 0 Å². The summed E-state index contributed by atoms with van der Waals surface area (Å²) in [5, 5.41) is 10.3. The number of ether oxygens (including phenoxy) is 3. The van der Waals surface area contributed by atoms with Gasteiger partial charge in [0.2, 0.25) is 5.75 Å². The maximum absolute atomic E-state index is 10.3. The number of hydrogen-bond acceptors (Lipinski definition) is 4. The van der Waals surface area contributed by atoms with Crippen molar-refractivity contribution >= 4 is 0 Å². The molecule has 0 spiro atoms. The summed E-state index contributed by atoms with van der Waals surface area (Å²) in [5.41, 5.74) is 1.97. The first-order valence-electron chi connectivity index (χ1n) is 7.80. The van der Waals surface area contributed by atoms with Crippen LogP contribution in [0.4, 0.5) is 0 Å². The van der Waals surface area contributed by atoms with Gasteiger partial charge in [0.15, 0.2) is 11.5 Å². The highest BCUT2D eigenvalue weighted by atomic mass is 16.5. The molecule has 0 aromatic heterocycles. The number of rotatable bonds is 8. The fourth-order valence-electron chi connectivity index (χ4n) is 2.51. The van der Waals surface area contributed by atoms with Crippen molar-refractivity contribution in [3.63, 3.8) is 0 Å². The molecule has 0 saturated heterocycles. The topological polar surface area (TPSA) is 47.9 Å². The number of hydrogen-bond donors (Lipinski definition) is 1. The molecular weight excluding hydrogens is 292 g/mol. The normalized spacial score (nSPS) is 11.8. The maximum atomic E-state index is 10.3. The van der Waals surface area contributed by atoms with Crippen molar-refractivity contribution in [3.05, 3.63) is 53.6 Å². The van der Waals surface area contributed by atoms with Crippen LogP contribution in [-0.4, -0.2) is 25.9 Å². The summed E-state index contributed by atoms with van der Waals surface area (Å²) < 4.78 is 16.4. The molecule has 1 unspecified atom stereocenters. The predicted octanol–water partition coefficient (Wildman–Crippen LogP) is 3.77. The van der Waals surface area contributed by atoms with Crippen molar-refractivity contribution in [1.82, 2.24) is 0 Å². The SMILES string of the molecule is CCOc1c(OC)cc(CCC(O)c2ccccc2)cc1OC. The number of aliphatic hydroxyl groups is 1. The molecule has 23 heavy (non-hydrogen) atoms. The summed E-state index contributed by atoms with van der Waals surface area (Å²) in [6.07, 6.45) is 0.860. The van der Waals surface area contributed by atoms with Gasteiger partial charge in [-0.15, -0.1) is 0 Å². The van der Waals surface area contributed by atoms with Gasteiger partial charge < -0.3 is 19.3 Å². The Balaban J connectivity index is 2.13. The van der Waals surface area contributed by atoms with Crippen LogP contribution in [0.3, 0.4) is 0 Å². The van der Waals surface area contributed by atoms with Crippen molar-refractivity contribution < 1.29 is 19.3 Å². The third-order valence-corrected chi connectivity index (χ3v) is 3.70. The summed E-state index contributed by atoms with van der Waals surface area (Å²) >= 11 is 0. The van der Waals surface area contributed by atoms with Gasteiger partial charge in [0, 0.05) is 0 Å². The van der Waals surface area contributed by atoms with E-state index in [1.807, 2.05) is 49.4 Å². The van der Waals surface area contributed by atoms with Crippen LogP contribution in [0.1, 0.15) is 30.6 Å². The Kier molecular flexibility index (Phi) is 6.29. The third-order valence-electron chi connectivity index (χ3n) is 3.70. The second-order valence-electron chi connectivity index (χ2n) is 5.23. The quantitative estimate of drug-likeness (QED) is 0.805. The summed E-state index contributed by atoms with van der Waals surface area (Å²) in [6, 6.07) is 13.5. The molecule has 4 heteroatoms. The Hall–Kier alpha value is -2.20. The van der Waals surface area contributed by atoms with Crippen LogP contribution in [-0.2, 0) is 6.42 Å². The minimum absolute atomic E-state index is 0.486. The largest absolute Gasteiger partial charge is 0.493 e. The van der Waals surface area contributed by atoms with Crippen LogP contribution in [0.15, 0.2) is 42.5 Å². The van der Waals surface area contributed by atoms with Crippen LogP contribution in [0.5, 0.6) is 17.2 Å². The van der Waals surface area contributed by atoms with E-state index in [1.54, 1.807) is 14.2 Å². The predicted molar refractivity (Wildman–Crippen MR) is 90.4 cm³/mol. The average molecular weight is 316 g/mol. The van der Waals surface area contributed by atoms with Crippen molar-refractivity contribution in [2.75, 3.05) is 20.8 Å². The summed E-state index contributed by atoms with van der Waals surface area (Å²) in [7, 11) is 3.22. The first kappa shape index (κ1) is 17.2. The van der Waals surface area contributed by atoms with E-state index in [2.05, 4.69) is 0 Å². The molecule has 0 saturated carbocycles. The van der Waals surface area contributed by atoms with Gasteiger partial charge in [-0.25, -0.2) is 0 Å². The molecule has 1 N–H and O–H groups in total. The maximum Gasteiger partial charge on any atom is 0.203 e. The van der Waals surface area contributed by atoms with Crippen molar-refractivity contribution in [1.29, 1.82) is 0 Å². The Bertz CT molecular complexity index is 585. The van der Waals surface area contributed by atoms with Crippen molar-refractivity contribution in [2.24, 2.45) is 0 Å². The zero-order valence-corrected chi connectivity index (χ0v) is 13.9. The molecule has 0 fully saturated rings. The van der Waals surface area contributed by atoms with Gasteiger partial charge >= 0.3 is 0 Å². The lowest BCUT2D eigenvalue weighted by molar-refractivity contribution is 0.167. The molecular formula is C19H24O4. The Labute approximate surface area is 137 Å². The molecule has 2 aromatic carbocycles. The van der Waals surface area contributed by atoms with Gasteiger partial charge in [-0.05, 0) is 43.0 Å². The molecule has 0 aliphatic rings. The van der Waals surface area contributed by atoms with Crippen LogP contribution < -0.4 is 14.2 Å². The van der Waals surface area contributed by atoms with Gasteiger partial charge in [-0.2, -0.15) is 0 Å². The lowest BCUT2D eigenvalue weighted by Gasteiger charge is -2.16. The Morgan fingerprint density at radius 1 is 1.00 bits per heavy atom. The van der Waals surface area contributed by atoms with Crippen molar-refractivity contribution in [2.45, 2.75) is 25.9 Å². The number of methoxy groups -OCH3 is 2. The highest BCUT2D eigenvalue weighted by Crippen LogP contribution is 2.39. The highest BCUT2D eigenvalue weighted by molar-refractivity contribution is 5.54. The second-order valence-corrected chi connectivity index (χ2v) is 5.23. The van der Waals surface area contributed by atoms with Crippen LogP contribution >= 0.6 is 0 Å². The monoisotopic (exact) mass is 316 g/mol. The molecule has 0 heterocycles. The Morgan fingerprint density at radius 2 is 1.61 bits per heavy atom. The van der Waals surface area contributed by atoms with Crippen LogP contribution in [0.25, 0.3) is 0 Å². The average Bonchev–Trinajstić information content (AvgIpc) is 2.61. The molecule has 124 valence electrons. The van der Waals surface area contributed by atoms with Crippen LogP contribution in [0.2, 0.25) is 0 Å². The lowest BCUT2D eigenvalue weighted by Crippen LogP contribution is -2.02. The minimum Gasteiger partial charge on any atom is -0.493 e. The van der Waals surface area contributed by atoms with E-state index in [1.165, 1.54) is 0 Å². The number of aliphatic hydroxyl groups excluding tert-OH is 1. The van der Waals surface area contributed by atoms with Crippen LogP contribution in [0, 0.1) is 0 Å². The van der Waals surface area contributed by atoms with Gasteiger partial charge in [0.05, 0.1) is 26.9 Å². The molecule has 0 amide bonds. The Morgan fingerprint density at radius 3 is 2.13 bits per heavy atom. The lowest BCUT2D eigenvalue weighted by atomic mass is 10.0. The van der Waals surface area contributed by atoms with Gasteiger partial charge in [0.1, 0.15) is 0 Å². The van der Waals surface area contributed by atoms with E-state index in [-0.39, 0.29) is 0 Å². The highest BCUT2D eigenvalue weighted by Gasteiger charge is 2.15. The standard InChI is InChI=1S/C19H24O4/c1-4-23-19-17(21-2)12-14(13-18(19)22-3)10-11-16(20)15-8-6-5-7-9-15/h5-9,12-13,16,20H,4,10-11H2,1-3H3. The number of aryl methyl sites for hydroxylation is 1. The van der Waals surface area contributed by atoms with Crippen molar-refractivity contribution in [3.8, 4) is 17.2 Å². The summed E-state index contributed by atoms with van der Waals surface area (Å²) in [5.74, 6) is 1.91. The van der Waals surface area contributed by atoms with E-state index >= 15 is 0 Å².